The zero-order valence-electron chi connectivity index (χ0n) is 9.52. The van der Waals surface area contributed by atoms with E-state index in [0.29, 0.717) is 17.0 Å². The van der Waals surface area contributed by atoms with Crippen molar-refractivity contribution >= 4 is 33.0 Å². The van der Waals surface area contributed by atoms with Crippen LogP contribution < -0.4 is 0 Å². The van der Waals surface area contributed by atoms with Gasteiger partial charge in [0.1, 0.15) is 0 Å². The van der Waals surface area contributed by atoms with Crippen molar-refractivity contribution in [3.63, 3.8) is 0 Å². The number of halogens is 2. The summed E-state index contributed by atoms with van der Waals surface area (Å²) >= 11 is 11.7. The van der Waals surface area contributed by atoms with E-state index in [4.69, 9.17) is 23.2 Å². The normalized spacial score (nSPS) is 15.6. The highest BCUT2D eigenvalue weighted by molar-refractivity contribution is 7.91. The molecule has 0 aliphatic carbocycles. The summed E-state index contributed by atoms with van der Waals surface area (Å²) in [6.07, 6.45) is 0.285. The average molecular weight is 297 g/mol. The minimum absolute atomic E-state index is 0.270. The van der Waals surface area contributed by atoms with Gasteiger partial charge in [0.2, 0.25) is 0 Å². The van der Waals surface area contributed by atoms with E-state index in [0.717, 1.165) is 6.26 Å². The zero-order valence-corrected chi connectivity index (χ0v) is 11.9. The molecule has 17 heavy (non-hydrogen) atoms. The minimum Gasteiger partial charge on any atom is -0.387 e. The summed E-state index contributed by atoms with van der Waals surface area (Å²) in [5.41, 5.74) is 0.383. The van der Waals surface area contributed by atoms with Crippen molar-refractivity contribution in [2.45, 2.75) is 24.7 Å². The summed E-state index contributed by atoms with van der Waals surface area (Å²) in [6, 6.07) is 4.60. The molecule has 0 amide bonds. The van der Waals surface area contributed by atoms with Gasteiger partial charge in [-0.15, -0.1) is 0 Å². The highest BCUT2D eigenvalue weighted by Gasteiger charge is 2.29. The first-order chi connectivity index (χ1) is 7.77. The Balaban J connectivity index is 3.15. The first-order valence-electron chi connectivity index (χ1n) is 5.09. The van der Waals surface area contributed by atoms with Gasteiger partial charge in [0.05, 0.1) is 11.4 Å². The van der Waals surface area contributed by atoms with Gasteiger partial charge in [-0.1, -0.05) is 36.2 Å². The lowest BCUT2D eigenvalue weighted by Crippen LogP contribution is -2.27. The first kappa shape index (κ1) is 14.8. The van der Waals surface area contributed by atoms with Crippen LogP contribution in [0.2, 0.25) is 10.0 Å². The largest absolute Gasteiger partial charge is 0.387 e. The molecule has 0 aliphatic rings. The Kier molecular flexibility index (Phi) is 4.84. The van der Waals surface area contributed by atoms with E-state index in [-0.39, 0.29) is 5.02 Å². The minimum atomic E-state index is -3.33. The number of sulfone groups is 1. The van der Waals surface area contributed by atoms with Gasteiger partial charge in [0.15, 0.2) is 9.84 Å². The van der Waals surface area contributed by atoms with E-state index in [1.54, 1.807) is 19.1 Å². The van der Waals surface area contributed by atoms with Gasteiger partial charge < -0.3 is 5.11 Å². The van der Waals surface area contributed by atoms with E-state index in [2.05, 4.69) is 0 Å². The lowest BCUT2D eigenvalue weighted by atomic mass is 10.0. The lowest BCUT2D eigenvalue weighted by molar-refractivity contribution is 0.169. The molecule has 0 unspecified atom stereocenters. The molecule has 0 spiro atoms. The fourth-order valence-corrected chi connectivity index (χ4v) is 3.44. The fourth-order valence-electron chi connectivity index (χ4n) is 1.70. The van der Waals surface area contributed by atoms with E-state index < -0.39 is 21.2 Å². The molecular formula is C11H14Cl2O3S. The predicted octanol–water partition coefficient (Wildman–Crippen LogP) is 2.85. The van der Waals surface area contributed by atoms with Crippen LogP contribution in [0.25, 0.3) is 0 Å². The molecule has 1 rings (SSSR count). The van der Waals surface area contributed by atoms with Gasteiger partial charge in [0, 0.05) is 21.9 Å². The summed E-state index contributed by atoms with van der Waals surface area (Å²) < 4.78 is 23.1. The van der Waals surface area contributed by atoms with Crippen LogP contribution in [0, 0.1) is 0 Å². The van der Waals surface area contributed by atoms with Gasteiger partial charge in [-0.2, -0.15) is 0 Å². The number of hydrogen-bond acceptors (Lipinski definition) is 3. The SMILES string of the molecule is CC[C@@H]([C@H](O)c1ccc(Cl)cc1Cl)S(C)(=O)=O. The molecule has 1 aromatic rings. The van der Waals surface area contributed by atoms with Crippen molar-refractivity contribution in [2.75, 3.05) is 6.26 Å². The van der Waals surface area contributed by atoms with Crippen LogP contribution >= 0.6 is 23.2 Å². The molecule has 6 heteroatoms. The number of hydrogen-bond donors (Lipinski definition) is 1. The average Bonchev–Trinajstić information content (AvgIpc) is 2.15. The van der Waals surface area contributed by atoms with Crippen LogP contribution in [-0.4, -0.2) is 25.0 Å². The summed E-state index contributed by atoms with van der Waals surface area (Å²) in [5.74, 6) is 0. The van der Waals surface area contributed by atoms with Crippen molar-refractivity contribution in [1.29, 1.82) is 0 Å². The number of aliphatic hydroxyl groups is 1. The molecule has 0 heterocycles. The molecule has 3 nitrogen and oxygen atoms in total. The summed E-state index contributed by atoms with van der Waals surface area (Å²) in [5, 5.41) is 9.93. The Morgan fingerprint density at radius 3 is 2.35 bits per heavy atom. The smallest absolute Gasteiger partial charge is 0.153 e. The Bertz CT molecular complexity index is 499. The second-order valence-electron chi connectivity index (χ2n) is 3.89. The van der Waals surface area contributed by atoms with Crippen LogP contribution in [0.3, 0.4) is 0 Å². The van der Waals surface area contributed by atoms with Crippen LogP contribution in [0.5, 0.6) is 0 Å². The molecule has 96 valence electrons. The predicted molar refractivity (Wildman–Crippen MR) is 70.3 cm³/mol. The molecule has 0 saturated carbocycles. The Morgan fingerprint density at radius 1 is 1.35 bits per heavy atom. The van der Waals surface area contributed by atoms with Crippen molar-refractivity contribution in [1.82, 2.24) is 0 Å². The van der Waals surface area contributed by atoms with E-state index in [9.17, 15) is 13.5 Å². The number of rotatable bonds is 4. The van der Waals surface area contributed by atoms with E-state index >= 15 is 0 Å². The Hall–Kier alpha value is -0.290. The monoisotopic (exact) mass is 296 g/mol. The summed E-state index contributed by atoms with van der Waals surface area (Å²) in [6.45, 7) is 1.71. The second kappa shape index (κ2) is 5.57. The van der Waals surface area contributed by atoms with E-state index in [1.807, 2.05) is 0 Å². The van der Waals surface area contributed by atoms with Crippen molar-refractivity contribution < 1.29 is 13.5 Å². The molecule has 0 aromatic heterocycles. The van der Waals surface area contributed by atoms with Crippen molar-refractivity contribution in [3.05, 3.63) is 33.8 Å². The molecule has 1 aromatic carbocycles. The third-order valence-electron chi connectivity index (χ3n) is 2.59. The Morgan fingerprint density at radius 2 is 1.94 bits per heavy atom. The summed E-state index contributed by atoms with van der Waals surface area (Å²) in [7, 11) is -3.33. The molecular weight excluding hydrogens is 283 g/mol. The van der Waals surface area contributed by atoms with Crippen LogP contribution in [0.1, 0.15) is 25.0 Å². The number of benzene rings is 1. The molecule has 0 aliphatic heterocycles. The standard InChI is InChI=1S/C11H14Cl2O3S/c1-3-10(17(2,15)16)11(14)8-5-4-7(12)6-9(8)13/h4-6,10-11,14H,3H2,1-2H3/t10-,11+/m0/s1. The molecule has 1 N–H and O–H groups in total. The van der Waals surface area contributed by atoms with Gasteiger partial charge in [-0.05, 0) is 18.6 Å². The van der Waals surface area contributed by atoms with E-state index in [1.165, 1.54) is 6.07 Å². The maximum absolute atomic E-state index is 11.5. The molecule has 0 fully saturated rings. The quantitative estimate of drug-likeness (QED) is 0.929. The molecule has 0 saturated heterocycles. The van der Waals surface area contributed by atoms with Crippen LogP contribution in [0.15, 0.2) is 18.2 Å². The molecule has 0 bridgehead atoms. The maximum Gasteiger partial charge on any atom is 0.153 e. The second-order valence-corrected chi connectivity index (χ2v) is 7.00. The topological polar surface area (TPSA) is 54.4 Å². The van der Waals surface area contributed by atoms with Crippen molar-refractivity contribution in [3.8, 4) is 0 Å². The van der Waals surface area contributed by atoms with Crippen LogP contribution in [-0.2, 0) is 9.84 Å². The van der Waals surface area contributed by atoms with Crippen LogP contribution in [0.4, 0.5) is 0 Å². The summed E-state index contributed by atoms with van der Waals surface area (Å²) in [4.78, 5) is 0. The van der Waals surface area contributed by atoms with Gasteiger partial charge in [-0.25, -0.2) is 8.42 Å². The molecule has 0 radical (unpaired) electrons. The van der Waals surface area contributed by atoms with Crippen molar-refractivity contribution in [2.24, 2.45) is 0 Å². The zero-order chi connectivity index (χ0) is 13.2. The first-order valence-corrected chi connectivity index (χ1v) is 7.80. The maximum atomic E-state index is 11.5. The fraction of sp³-hybridized carbons (Fsp3) is 0.455. The van der Waals surface area contributed by atoms with Gasteiger partial charge in [-0.3, -0.25) is 0 Å². The highest BCUT2D eigenvalue weighted by Crippen LogP contribution is 2.31. The van der Waals surface area contributed by atoms with Gasteiger partial charge >= 0.3 is 0 Å². The third kappa shape index (κ3) is 3.58. The van der Waals surface area contributed by atoms with Gasteiger partial charge in [0.25, 0.3) is 0 Å². The Labute approximate surface area is 111 Å². The molecule has 2 atom stereocenters. The lowest BCUT2D eigenvalue weighted by Gasteiger charge is -2.21. The highest BCUT2D eigenvalue weighted by atomic mass is 35.5. The number of aliphatic hydroxyl groups excluding tert-OH is 1. The third-order valence-corrected chi connectivity index (χ3v) is 4.84.